The third-order valence-corrected chi connectivity index (χ3v) is 3.53. The van der Waals surface area contributed by atoms with Gasteiger partial charge in [-0.1, -0.05) is 25.6 Å². The molecule has 0 atom stereocenters. The molecule has 0 aliphatic carbocycles. The van der Waals surface area contributed by atoms with Crippen LogP contribution in [0.4, 0.5) is 5.69 Å². The molecule has 0 spiro atoms. The Labute approximate surface area is 127 Å². The van der Waals surface area contributed by atoms with E-state index in [0.717, 1.165) is 13.0 Å². The summed E-state index contributed by atoms with van der Waals surface area (Å²) in [5.41, 5.74) is 4.97. The van der Waals surface area contributed by atoms with Crippen LogP contribution in [0.3, 0.4) is 0 Å². The fourth-order valence-corrected chi connectivity index (χ4v) is 2.57. The Kier molecular flexibility index (Phi) is 5.04. The molecule has 2 nitrogen and oxygen atoms in total. The standard InChI is InChI=1S/C19H24N2/c1-5-13-20(4)18-10-8-7-9-17(18)19-12-11-16(3)15-21(19)14-6-2/h5,7-13,15H,1,6,14H2,2-4H3/q+2. The lowest BCUT2D eigenvalue weighted by molar-refractivity contribution is -0.686. The van der Waals surface area contributed by atoms with Crippen LogP contribution in [0.5, 0.6) is 0 Å². The number of allylic oxidation sites excluding steroid dienone is 1. The van der Waals surface area contributed by atoms with Crippen LogP contribution >= 0.6 is 0 Å². The molecular formula is C19H24N2+2. The second-order valence-electron chi connectivity index (χ2n) is 5.30. The van der Waals surface area contributed by atoms with Gasteiger partial charge in [0.1, 0.15) is 19.2 Å². The van der Waals surface area contributed by atoms with Crippen LogP contribution in [-0.2, 0) is 6.54 Å². The first-order chi connectivity index (χ1) is 10.2. The van der Waals surface area contributed by atoms with E-state index in [4.69, 9.17) is 0 Å². The highest BCUT2D eigenvalue weighted by Gasteiger charge is 2.20. The van der Waals surface area contributed by atoms with Gasteiger partial charge in [-0.2, -0.15) is 4.57 Å². The van der Waals surface area contributed by atoms with Gasteiger partial charge in [-0.15, -0.1) is 0 Å². The van der Waals surface area contributed by atoms with E-state index in [1.54, 1.807) is 0 Å². The first-order valence-corrected chi connectivity index (χ1v) is 7.45. The molecule has 1 aromatic heterocycles. The normalized spacial score (nSPS) is 11.5. The summed E-state index contributed by atoms with van der Waals surface area (Å²) < 4.78 is 4.45. The summed E-state index contributed by atoms with van der Waals surface area (Å²) in [4.78, 5) is 0. The van der Waals surface area contributed by atoms with Crippen LogP contribution in [0.2, 0.25) is 0 Å². The minimum Gasteiger partial charge on any atom is -0.201 e. The Morgan fingerprint density at radius 2 is 1.95 bits per heavy atom. The third kappa shape index (κ3) is 3.46. The molecule has 0 aliphatic rings. The summed E-state index contributed by atoms with van der Waals surface area (Å²) in [6.45, 7) is 9.16. The maximum Gasteiger partial charge on any atom is 0.219 e. The predicted octanol–water partition coefficient (Wildman–Crippen LogP) is 3.89. The van der Waals surface area contributed by atoms with Crippen molar-refractivity contribution in [3.05, 3.63) is 60.8 Å². The van der Waals surface area contributed by atoms with E-state index in [1.807, 2.05) is 12.3 Å². The number of nitrogens with zero attached hydrogens (tertiary/aromatic N) is 2. The molecule has 2 heteroatoms. The third-order valence-electron chi connectivity index (χ3n) is 3.53. The number of benzene rings is 1. The number of pyridine rings is 1. The quantitative estimate of drug-likeness (QED) is 0.579. The van der Waals surface area contributed by atoms with Gasteiger partial charge in [0, 0.05) is 24.1 Å². The topological polar surface area (TPSA) is 6.89 Å². The monoisotopic (exact) mass is 280 g/mol. The Balaban J connectivity index is 2.62. The first kappa shape index (κ1) is 15.2. The van der Waals surface area contributed by atoms with E-state index in [9.17, 15) is 0 Å². The molecule has 0 saturated heterocycles. The van der Waals surface area contributed by atoms with Crippen LogP contribution in [0, 0.1) is 6.92 Å². The number of hydrogen-bond acceptors (Lipinski definition) is 0. The van der Waals surface area contributed by atoms with Gasteiger partial charge < -0.3 is 0 Å². The van der Waals surface area contributed by atoms with Gasteiger partial charge in [-0.05, 0) is 25.1 Å². The summed E-state index contributed by atoms with van der Waals surface area (Å²) in [5.74, 6) is 0. The SMILES string of the molecule is C=CC=[N+](C)c1ccccc1-c1ccc(C)c[n+]1CCC. The van der Waals surface area contributed by atoms with Crippen molar-refractivity contribution in [1.82, 2.24) is 0 Å². The van der Waals surface area contributed by atoms with Crippen molar-refractivity contribution >= 4 is 11.9 Å². The maximum absolute atomic E-state index is 3.78. The summed E-state index contributed by atoms with van der Waals surface area (Å²) in [5, 5.41) is 0. The van der Waals surface area contributed by atoms with E-state index < -0.39 is 0 Å². The lowest BCUT2D eigenvalue weighted by Crippen LogP contribution is -2.36. The summed E-state index contributed by atoms with van der Waals surface area (Å²) in [6.07, 6.45) is 7.15. The van der Waals surface area contributed by atoms with Gasteiger partial charge in [0.25, 0.3) is 0 Å². The Morgan fingerprint density at radius 1 is 1.19 bits per heavy atom. The van der Waals surface area contributed by atoms with Crippen LogP contribution in [0.25, 0.3) is 11.3 Å². The van der Waals surface area contributed by atoms with E-state index >= 15 is 0 Å². The second kappa shape index (κ2) is 6.98. The highest BCUT2D eigenvalue weighted by molar-refractivity contribution is 5.72. The molecule has 2 aromatic rings. The van der Waals surface area contributed by atoms with Gasteiger partial charge in [0.05, 0.1) is 0 Å². The fourth-order valence-electron chi connectivity index (χ4n) is 2.57. The second-order valence-corrected chi connectivity index (χ2v) is 5.30. The van der Waals surface area contributed by atoms with Crippen molar-refractivity contribution in [2.45, 2.75) is 26.8 Å². The summed E-state index contributed by atoms with van der Waals surface area (Å²) >= 11 is 0. The molecule has 0 N–H and O–H groups in total. The predicted molar refractivity (Wildman–Crippen MR) is 89.2 cm³/mol. The number of rotatable bonds is 5. The van der Waals surface area contributed by atoms with Gasteiger partial charge >= 0.3 is 0 Å². The average molecular weight is 280 g/mol. The van der Waals surface area contributed by atoms with Gasteiger partial charge in [0.15, 0.2) is 12.4 Å². The first-order valence-electron chi connectivity index (χ1n) is 7.45. The van der Waals surface area contributed by atoms with Crippen LogP contribution in [0.1, 0.15) is 18.9 Å². The van der Waals surface area contributed by atoms with E-state index in [-0.39, 0.29) is 0 Å². The number of aromatic nitrogens is 1. The van der Waals surface area contributed by atoms with E-state index in [1.165, 1.54) is 22.5 Å². The van der Waals surface area contributed by atoms with Crippen molar-refractivity contribution in [3.8, 4) is 11.3 Å². The zero-order chi connectivity index (χ0) is 15.2. The summed E-state index contributed by atoms with van der Waals surface area (Å²) in [7, 11) is 2.05. The largest absolute Gasteiger partial charge is 0.219 e. The highest BCUT2D eigenvalue weighted by atomic mass is 15.0. The van der Waals surface area contributed by atoms with Crippen molar-refractivity contribution in [2.24, 2.45) is 0 Å². The molecule has 21 heavy (non-hydrogen) atoms. The molecule has 0 fully saturated rings. The van der Waals surface area contributed by atoms with Gasteiger partial charge in [-0.25, -0.2) is 4.58 Å². The number of hydrogen-bond donors (Lipinski definition) is 0. The highest BCUT2D eigenvalue weighted by Crippen LogP contribution is 2.27. The fraction of sp³-hybridized carbons (Fsp3) is 0.263. The zero-order valence-electron chi connectivity index (χ0n) is 13.2. The van der Waals surface area contributed by atoms with Crippen LogP contribution < -0.4 is 4.57 Å². The van der Waals surface area contributed by atoms with Crippen molar-refractivity contribution in [2.75, 3.05) is 7.05 Å². The molecule has 108 valence electrons. The van der Waals surface area contributed by atoms with Crippen molar-refractivity contribution in [3.63, 3.8) is 0 Å². The van der Waals surface area contributed by atoms with Gasteiger partial charge in [-0.3, -0.25) is 0 Å². The molecule has 0 aliphatic heterocycles. The Hall–Kier alpha value is -2.22. The van der Waals surface area contributed by atoms with Gasteiger partial charge in [0.2, 0.25) is 11.4 Å². The molecule has 0 amide bonds. The van der Waals surface area contributed by atoms with E-state index in [2.05, 4.69) is 79.2 Å². The number of para-hydroxylation sites is 1. The van der Waals surface area contributed by atoms with Crippen LogP contribution in [-0.4, -0.2) is 17.8 Å². The molecule has 0 radical (unpaired) electrons. The minimum atomic E-state index is 1.03. The lowest BCUT2D eigenvalue weighted by atomic mass is 10.1. The Bertz CT molecular complexity index is 669. The Morgan fingerprint density at radius 3 is 2.67 bits per heavy atom. The minimum absolute atomic E-state index is 1.03. The van der Waals surface area contributed by atoms with Crippen molar-refractivity contribution in [1.29, 1.82) is 0 Å². The van der Waals surface area contributed by atoms with E-state index in [0.29, 0.717) is 0 Å². The van der Waals surface area contributed by atoms with Crippen molar-refractivity contribution < 1.29 is 9.14 Å². The average Bonchev–Trinajstić information content (AvgIpc) is 2.48. The maximum atomic E-state index is 3.78. The molecule has 0 bridgehead atoms. The van der Waals surface area contributed by atoms with Crippen LogP contribution in [0.15, 0.2) is 55.3 Å². The molecule has 1 aromatic carbocycles. The molecule has 1 heterocycles. The molecule has 0 unspecified atom stereocenters. The summed E-state index contributed by atoms with van der Waals surface area (Å²) in [6, 6.07) is 12.9. The lowest BCUT2D eigenvalue weighted by Gasteiger charge is -2.06. The smallest absolute Gasteiger partial charge is 0.201 e. The number of aryl methyl sites for hydroxylation is 2. The zero-order valence-corrected chi connectivity index (χ0v) is 13.2. The molecule has 0 saturated carbocycles. The molecule has 2 rings (SSSR count). The molecular weight excluding hydrogens is 256 g/mol.